The molecule has 1 fully saturated rings. The van der Waals surface area contributed by atoms with E-state index in [2.05, 4.69) is 10.6 Å². The van der Waals surface area contributed by atoms with E-state index in [0.717, 1.165) is 25.7 Å². The van der Waals surface area contributed by atoms with Gasteiger partial charge in [-0.25, -0.2) is 4.79 Å². The molecule has 0 aromatic heterocycles. The van der Waals surface area contributed by atoms with Gasteiger partial charge in [-0.2, -0.15) is 0 Å². The molecule has 1 aromatic carbocycles. The summed E-state index contributed by atoms with van der Waals surface area (Å²) in [6.45, 7) is 2.05. The van der Waals surface area contributed by atoms with E-state index in [1.54, 1.807) is 31.2 Å². The molecule has 0 aliphatic heterocycles. The van der Waals surface area contributed by atoms with Crippen molar-refractivity contribution in [3.8, 4) is 0 Å². The van der Waals surface area contributed by atoms with Crippen LogP contribution in [0.2, 0.25) is 0 Å². The molecule has 23 heavy (non-hydrogen) atoms. The lowest BCUT2D eigenvalue weighted by Crippen LogP contribution is -2.39. The van der Waals surface area contributed by atoms with Crippen LogP contribution >= 0.6 is 12.2 Å². The Morgan fingerprint density at radius 1 is 1.22 bits per heavy atom. The Kier molecular flexibility index (Phi) is 6.52. The monoisotopic (exact) mass is 334 g/mol. The Balaban J connectivity index is 1.97. The summed E-state index contributed by atoms with van der Waals surface area (Å²) in [6.07, 6.45) is 5.19. The fourth-order valence-corrected chi connectivity index (χ4v) is 2.92. The van der Waals surface area contributed by atoms with Crippen molar-refractivity contribution in [2.45, 2.75) is 39.0 Å². The number of nitrogens with one attached hydrogen (secondary N) is 2. The molecule has 0 spiro atoms. The SMILES string of the molecule is CCOC(=O)c1ccccc1NC(=S)NC(=O)C1CCCCC1. The number of hydrogen-bond acceptors (Lipinski definition) is 4. The highest BCUT2D eigenvalue weighted by Gasteiger charge is 2.22. The van der Waals surface area contributed by atoms with E-state index in [-0.39, 0.29) is 16.9 Å². The third kappa shape index (κ3) is 5.03. The molecule has 5 nitrogen and oxygen atoms in total. The first kappa shape index (κ1) is 17.4. The first-order chi connectivity index (χ1) is 11.1. The summed E-state index contributed by atoms with van der Waals surface area (Å²) in [6, 6.07) is 6.93. The standard InChI is InChI=1S/C17H22N2O3S/c1-2-22-16(21)13-10-6-7-11-14(13)18-17(23)19-15(20)12-8-4-3-5-9-12/h6-7,10-12H,2-5,8-9H2,1H3,(H2,18,19,20,23). The lowest BCUT2D eigenvalue weighted by Gasteiger charge is -2.21. The van der Waals surface area contributed by atoms with Gasteiger partial charge in [-0.15, -0.1) is 0 Å². The van der Waals surface area contributed by atoms with E-state index >= 15 is 0 Å². The van der Waals surface area contributed by atoms with E-state index in [0.29, 0.717) is 17.9 Å². The maximum Gasteiger partial charge on any atom is 0.340 e. The summed E-state index contributed by atoms with van der Waals surface area (Å²) in [7, 11) is 0. The molecule has 124 valence electrons. The number of benzene rings is 1. The predicted molar refractivity (Wildman–Crippen MR) is 93.3 cm³/mol. The molecule has 0 atom stereocenters. The third-order valence-electron chi connectivity index (χ3n) is 3.88. The lowest BCUT2D eigenvalue weighted by molar-refractivity contribution is -0.124. The summed E-state index contributed by atoms with van der Waals surface area (Å²) in [4.78, 5) is 24.1. The molecule has 0 radical (unpaired) electrons. The number of thiocarbonyl (C=S) groups is 1. The average molecular weight is 334 g/mol. The molecule has 1 saturated carbocycles. The Hall–Kier alpha value is -1.95. The minimum absolute atomic E-state index is 0.0313. The maximum atomic E-state index is 12.2. The zero-order chi connectivity index (χ0) is 16.7. The number of carbonyl (C=O) groups is 2. The molecular formula is C17H22N2O3S. The summed E-state index contributed by atoms with van der Waals surface area (Å²) >= 11 is 5.20. The molecule has 1 aliphatic rings. The van der Waals surface area contributed by atoms with Gasteiger partial charge < -0.3 is 15.4 Å². The molecule has 1 aromatic rings. The van der Waals surface area contributed by atoms with Gasteiger partial charge in [0.25, 0.3) is 0 Å². The largest absolute Gasteiger partial charge is 0.462 e. The van der Waals surface area contributed by atoms with Gasteiger partial charge in [0.2, 0.25) is 5.91 Å². The Morgan fingerprint density at radius 3 is 2.61 bits per heavy atom. The Morgan fingerprint density at radius 2 is 1.91 bits per heavy atom. The first-order valence-corrected chi connectivity index (χ1v) is 8.40. The molecule has 0 saturated heterocycles. The Bertz CT molecular complexity index is 583. The van der Waals surface area contributed by atoms with Gasteiger partial charge in [-0.05, 0) is 44.1 Å². The number of anilines is 1. The number of carbonyl (C=O) groups excluding carboxylic acids is 2. The first-order valence-electron chi connectivity index (χ1n) is 7.99. The normalized spacial score (nSPS) is 14.8. The van der Waals surface area contributed by atoms with E-state index in [4.69, 9.17) is 17.0 Å². The van der Waals surface area contributed by atoms with Crippen molar-refractivity contribution < 1.29 is 14.3 Å². The van der Waals surface area contributed by atoms with Crippen LogP contribution in [-0.4, -0.2) is 23.6 Å². The van der Waals surface area contributed by atoms with Gasteiger partial charge in [-0.3, -0.25) is 4.79 Å². The van der Waals surface area contributed by atoms with Crippen LogP contribution in [0.5, 0.6) is 0 Å². The highest BCUT2D eigenvalue weighted by Crippen LogP contribution is 2.23. The zero-order valence-electron chi connectivity index (χ0n) is 13.3. The molecular weight excluding hydrogens is 312 g/mol. The van der Waals surface area contributed by atoms with Crippen molar-refractivity contribution >= 4 is 34.9 Å². The van der Waals surface area contributed by atoms with E-state index in [1.165, 1.54) is 6.42 Å². The molecule has 1 amide bonds. The molecule has 0 unspecified atom stereocenters. The van der Waals surface area contributed by atoms with Crippen molar-refractivity contribution in [2.24, 2.45) is 5.92 Å². The second-order valence-electron chi connectivity index (χ2n) is 5.54. The van der Waals surface area contributed by atoms with Crippen molar-refractivity contribution in [1.82, 2.24) is 5.32 Å². The van der Waals surface area contributed by atoms with Crippen molar-refractivity contribution in [2.75, 3.05) is 11.9 Å². The molecule has 1 aliphatic carbocycles. The number of para-hydroxylation sites is 1. The van der Waals surface area contributed by atoms with Gasteiger partial charge in [0.1, 0.15) is 0 Å². The number of ether oxygens (including phenoxy) is 1. The van der Waals surface area contributed by atoms with Crippen LogP contribution in [0, 0.1) is 5.92 Å². The highest BCUT2D eigenvalue weighted by molar-refractivity contribution is 7.80. The predicted octanol–water partition coefficient (Wildman–Crippen LogP) is 3.26. The van der Waals surface area contributed by atoms with Gasteiger partial charge in [0.15, 0.2) is 5.11 Å². The minimum atomic E-state index is -0.419. The molecule has 0 heterocycles. The van der Waals surface area contributed by atoms with Crippen LogP contribution < -0.4 is 10.6 Å². The number of amides is 1. The van der Waals surface area contributed by atoms with Crippen LogP contribution in [0.4, 0.5) is 5.69 Å². The van der Waals surface area contributed by atoms with Crippen molar-refractivity contribution in [3.63, 3.8) is 0 Å². The van der Waals surface area contributed by atoms with E-state index in [9.17, 15) is 9.59 Å². The number of rotatable bonds is 4. The average Bonchev–Trinajstić information content (AvgIpc) is 2.56. The summed E-state index contributed by atoms with van der Waals surface area (Å²) < 4.78 is 5.02. The smallest absolute Gasteiger partial charge is 0.340 e. The summed E-state index contributed by atoms with van der Waals surface area (Å²) in [5, 5.41) is 5.85. The molecule has 6 heteroatoms. The van der Waals surface area contributed by atoms with Gasteiger partial charge >= 0.3 is 5.97 Å². The van der Waals surface area contributed by atoms with Crippen molar-refractivity contribution in [3.05, 3.63) is 29.8 Å². The molecule has 2 N–H and O–H groups in total. The van der Waals surface area contributed by atoms with Crippen LogP contribution in [0.1, 0.15) is 49.4 Å². The molecule has 2 rings (SSSR count). The van der Waals surface area contributed by atoms with E-state index in [1.807, 2.05) is 0 Å². The van der Waals surface area contributed by atoms with Gasteiger partial charge in [-0.1, -0.05) is 31.4 Å². The van der Waals surface area contributed by atoms with Gasteiger partial charge in [0, 0.05) is 5.92 Å². The summed E-state index contributed by atoms with van der Waals surface area (Å²) in [5.41, 5.74) is 0.920. The van der Waals surface area contributed by atoms with E-state index < -0.39 is 5.97 Å². The minimum Gasteiger partial charge on any atom is -0.462 e. The topological polar surface area (TPSA) is 67.4 Å². The number of esters is 1. The van der Waals surface area contributed by atoms with Crippen molar-refractivity contribution in [1.29, 1.82) is 0 Å². The Labute approximate surface area is 141 Å². The number of hydrogen-bond donors (Lipinski definition) is 2. The quantitative estimate of drug-likeness (QED) is 0.653. The van der Waals surface area contributed by atoms with Crippen LogP contribution in [0.25, 0.3) is 0 Å². The highest BCUT2D eigenvalue weighted by atomic mass is 32.1. The fraction of sp³-hybridized carbons (Fsp3) is 0.471. The second-order valence-corrected chi connectivity index (χ2v) is 5.95. The van der Waals surface area contributed by atoms with Crippen LogP contribution in [-0.2, 0) is 9.53 Å². The second kappa shape index (κ2) is 8.62. The zero-order valence-corrected chi connectivity index (χ0v) is 14.1. The maximum absolute atomic E-state index is 12.2. The molecule has 0 bridgehead atoms. The van der Waals surface area contributed by atoms with Gasteiger partial charge in [0.05, 0.1) is 17.9 Å². The third-order valence-corrected chi connectivity index (χ3v) is 4.09. The van der Waals surface area contributed by atoms with Crippen LogP contribution in [0.15, 0.2) is 24.3 Å². The van der Waals surface area contributed by atoms with Crippen LogP contribution in [0.3, 0.4) is 0 Å². The fourth-order valence-electron chi connectivity index (χ4n) is 2.71. The summed E-state index contributed by atoms with van der Waals surface area (Å²) in [5.74, 6) is -0.434. The lowest BCUT2D eigenvalue weighted by atomic mass is 9.89.